The van der Waals surface area contributed by atoms with Gasteiger partial charge in [0.05, 0.1) is 0 Å². The van der Waals surface area contributed by atoms with Crippen molar-refractivity contribution in [3.8, 4) is 0 Å². The lowest BCUT2D eigenvalue weighted by Gasteiger charge is -2.43. The fourth-order valence-electron chi connectivity index (χ4n) is 3.64. The second-order valence-electron chi connectivity index (χ2n) is 7.51. The molecule has 1 aliphatic rings. The Kier molecular flexibility index (Phi) is 6.85. The average molecular weight is 345 g/mol. The predicted molar refractivity (Wildman–Crippen MR) is 104 cm³/mol. The number of nitrogens with zero attached hydrogens (tertiary/aromatic N) is 1. The van der Waals surface area contributed by atoms with E-state index in [1.54, 1.807) is 14.1 Å². The second-order valence-corrected chi connectivity index (χ2v) is 7.51. The van der Waals surface area contributed by atoms with Crippen LogP contribution in [0.2, 0.25) is 0 Å². The first-order chi connectivity index (χ1) is 12.0. The monoisotopic (exact) mass is 344 g/mol. The number of nitrogens with one attached hydrogen (secondary N) is 3. The van der Waals surface area contributed by atoms with Crippen LogP contribution in [0.1, 0.15) is 55.5 Å². The van der Waals surface area contributed by atoms with Gasteiger partial charge in [0, 0.05) is 32.7 Å². The number of rotatable bonds is 7. The number of amides is 1. The van der Waals surface area contributed by atoms with Crippen LogP contribution in [0.5, 0.6) is 0 Å². The molecule has 2 rings (SSSR count). The standard InChI is InChI=1S/C20H32N4O/c1-15(2)12-20(9-6-10-20)14-24-19(22-4)23-13-16-7-5-8-17(11-16)18(25)21-3/h5,7-8,11,15H,6,9-10,12-14H2,1-4H3,(H,21,25)(H2,22,23,24). The number of guanidine groups is 1. The fourth-order valence-corrected chi connectivity index (χ4v) is 3.64. The Balaban J connectivity index is 1.87. The van der Waals surface area contributed by atoms with Crippen molar-refractivity contribution in [2.24, 2.45) is 16.3 Å². The summed E-state index contributed by atoms with van der Waals surface area (Å²) in [6.07, 6.45) is 5.23. The lowest BCUT2D eigenvalue weighted by atomic mass is 9.64. The van der Waals surface area contributed by atoms with Crippen molar-refractivity contribution in [2.75, 3.05) is 20.6 Å². The van der Waals surface area contributed by atoms with E-state index in [1.807, 2.05) is 24.3 Å². The Bertz CT molecular complexity index is 605. The summed E-state index contributed by atoms with van der Waals surface area (Å²) < 4.78 is 0. The van der Waals surface area contributed by atoms with Gasteiger partial charge in [0.1, 0.15) is 0 Å². The zero-order chi connectivity index (χ0) is 18.3. The molecule has 138 valence electrons. The van der Waals surface area contributed by atoms with Gasteiger partial charge in [-0.05, 0) is 48.3 Å². The smallest absolute Gasteiger partial charge is 0.251 e. The van der Waals surface area contributed by atoms with Gasteiger partial charge in [-0.3, -0.25) is 9.79 Å². The van der Waals surface area contributed by atoms with Gasteiger partial charge in [-0.15, -0.1) is 0 Å². The molecule has 1 saturated carbocycles. The van der Waals surface area contributed by atoms with Crippen LogP contribution in [-0.2, 0) is 6.54 Å². The van der Waals surface area contributed by atoms with Crippen LogP contribution in [0.4, 0.5) is 0 Å². The molecule has 0 atom stereocenters. The maximum Gasteiger partial charge on any atom is 0.251 e. The van der Waals surface area contributed by atoms with E-state index >= 15 is 0 Å². The highest BCUT2D eigenvalue weighted by atomic mass is 16.1. The number of hydrogen-bond acceptors (Lipinski definition) is 2. The average Bonchev–Trinajstić information content (AvgIpc) is 2.58. The maximum absolute atomic E-state index is 11.7. The first-order valence-corrected chi connectivity index (χ1v) is 9.23. The van der Waals surface area contributed by atoms with Crippen molar-refractivity contribution in [3.05, 3.63) is 35.4 Å². The number of carbonyl (C=O) groups excluding carboxylic acids is 1. The Hall–Kier alpha value is -2.04. The molecule has 1 aromatic carbocycles. The minimum Gasteiger partial charge on any atom is -0.356 e. The van der Waals surface area contributed by atoms with Crippen molar-refractivity contribution >= 4 is 11.9 Å². The van der Waals surface area contributed by atoms with E-state index in [9.17, 15) is 4.79 Å². The lowest BCUT2D eigenvalue weighted by Crippen LogP contribution is -2.46. The Morgan fingerprint density at radius 1 is 1.28 bits per heavy atom. The quantitative estimate of drug-likeness (QED) is 0.526. The molecular formula is C20H32N4O. The predicted octanol–water partition coefficient (Wildman–Crippen LogP) is 2.93. The molecule has 1 aromatic rings. The van der Waals surface area contributed by atoms with Gasteiger partial charge in [0.15, 0.2) is 5.96 Å². The van der Waals surface area contributed by atoms with Gasteiger partial charge in [-0.1, -0.05) is 32.4 Å². The van der Waals surface area contributed by atoms with E-state index in [0.717, 1.165) is 24.0 Å². The van der Waals surface area contributed by atoms with Crippen molar-refractivity contribution < 1.29 is 4.79 Å². The van der Waals surface area contributed by atoms with Gasteiger partial charge in [-0.25, -0.2) is 0 Å². The minimum absolute atomic E-state index is 0.0648. The summed E-state index contributed by atoms with van der Waals surface area (Å²) in [6, 6.07) is 7.65. The molecule has 0 bridgehead atoms. The highest BCUT2D eigenvalue weighted by Gasteiger charge is 2.37. The third-order valence-electron chi connectivity index (χ3n) is 4.99. The van der Waals surface area contributed by atoms with Gasteiger partial charge < -0.3 is 16.0 Å². The van der Waals surface area contributed by atoms with E-state index in [4.69, 9.17) is 0 Å². The van der Waals surface area contributed by atoms with Crippen LogP contribution >= 0.6 is 0 Å². The Labute approximate surface area is 151 Å². The van der Waals surface area contributed by atoms with E-state index in [-0.39, 0.29) is 5.91 Å². The van der Waals surface area contributed by atoms with Gasteiger partial charge in [0.2, 0.25) is 0 Å². The summed E-state index contributed by atoms with van der Waals surface area (Å²) >= 11 is 0. The highest BCUT2D eigenvalue weighted by Crippen LogP contribution is 2.45. The molecule has 3 N–H and O–H groups in total. The van der Waals surface area contributed by atoms with Crippen LogP contribution in [0.3, 0.4) is 0 Å². The van der Waals surface area contributed by atoms with Crippen molar-refractivity contribution in [1.82, 2.24) is 16.0 Å². The summed E-state index contributed by atoms with van der Waals surface area (Å²) in [5.41, 5.74) is 2.17. The van der Waals surface area contributed by atoms with Crippen LogP contribution in [0.15, 0.2) is 29.3 Å². The van der Waals surface area contributed by atoms with E-state index in [1.165, 1.54) is 25.7 Å². The zero-order valence-corrected chi connectivity index (χ0v) is 16.0. The molecule has 1 aliphatic carbocycles. The highest BCUT2D eigenvalue weighted by molar-refractivity contribution is 5.94. The van der Waals surface area contributed by atoms with E-state index in [2.05, 4.69) is 34.8 Å². The summed E-state index contributed by atoms with van der Waals surface area (Å²) in [6.45, 7) is 6.21. The minimum atomic E-state index is -0.0648. The molecule has 1 fully saturated rings. The van der Waals surface area contributed by atoms with Gasteiger partial charge in [0.25, 0.3) is 5.91 Å². The number of aliphatic imine (C=N–C) groups is 1. The Morgan fingerprint density at radius 3 is 2.60 bits per heavy atom. The SMILES string of the molecule is CN=C(NCc1cccc(C(=O)NC)c1)NCC1(CC(C)C)CCC1. The second kappa shape index (κ2) is 8.88. The van der Waals surface area contributed by atoms with Gasteiger partial charge in [-0.2, -0.15) is 0 Å². The summed E-state index contributed by atoms with van der Waals surface area (Å²) in [5, 5.41) is 9.50. The van der Waals surface area contributed by atoms with Crippen LogP contribution in [0.25, 0.3) is 0 Å². The number of benzene rings is 1. The molecule has 0 aliphatic heterocycles. The van der Waals surface area contributed by atoms with Crippen LogP contribution < -0.4 is 16.0 Å². The third-order valence-corrected chi connectivity index (χ3v) is 4.99. The molecule has 0 radical (unpaired) electrons. The first kappa shape index (κ1) is 19.3. The van der Waals surface area contributed by atoms with E-state index in [0.29, 0.717) is 17.5 Å². The molecule has 5 nitrogen and oxygen atoms in total. The molecule has 0 aromatic heterocycles. The summed E-state index contributed by atoms with van der Waals surface area (Å²) in [7, 11) is 3.44. The van der Waals surface area contributed by atoms with Crippen LogP contribution in [0, 0.1) is 11.3 Å². The normalized spacial score (nSPS) is 16.3. The number of hydrogen-bond donors (Lipinski definition) is 3. The molecule has 25 heavy (non-hydrogen) atoms. The molecule has 0 unspecified atom stereocenters. The largest absolute Gasteiger partial charge is 0.356 e. The maximum atomic E-state index is 11.7. The van der Waals surface area contributed by atoms with Gasteiger partial charge >= 0.3 is 0 Å². The molecule has 5 heteroatoms. The molecule has 0 saturated heterocycles. The summed E-state index contributed by atoms with van der Waals surface area (Å²) in [5.74, 6) is 1.48. The Morgan fingerprint density at radius 2 is 2.04 bits per heavy atom. The molecule has 0 spiro atoms. The van der Waals surface area contributed by atoms with E-state index < -0.39 is 0 Å². The topological polar surface area (TPSA) is 65.5 Å². The van der Waals surface area contributed by atoms with Crippen LogP contribution in [-0.4, -0.2) is 32.5 Å². The van der Waals surface area contributed by atoms with Crippen molar-refractivity contribution in [2.45, 2.75) is 46.1 Å². The third kappa shape index (κ3) is 5.48. The summed E-state index contributed by atoms with van der Waals surface area (Å²) in [4.78, 5) is 16.1. The molecule has 1 amide bonds. The van der Waals surface area contributed by atoms with Crippen molar-refractivity contribution in [3.63, 3.8) is 0 Å². The number of carbonyl (C=O) groups is 1. The molecule has 0 heterocycles. The first-order valence-electron chi connectivity index (χ1n) is 9.23. The zero-order valence-electron chi connectivity index (χ0n) is 16.0. The lowest BCUT2D eigenvalue weighted by molar-refractivity contribution is 0.0963. The molecular weight excluding hydrogens is 312 g/mol. The fraction of sp³-hybridized carbons (Fsp3) is 0.600. The van der Waals surface area contributed by atoms with Crippen molar-refractivity contribution in [1.29, 1.82) is 0 Å².